The smallest absolute Gasteiger partial charge is 0.248 e. The normalized spacial score (nSPS) is 11.5. The average Bonchev–Trinajstić information content (AvgIpc) is 2.94. The molecule has 2 rings (SSSR count). The highest BCUT2D eigenvalue weighted by molar-refractivity contribution is 5.88. The Kier molecular flexibility index (Phi) is 6.13. The van der Waals surface area contributed by atoms with Crippen molar-refractivity contribution in [2.24, 2.45) is 0 Å². The number of allylic oxidation sites excluding steroid dienone is 2. The maximum Gasteiger partial charge on any atom is 0.248 e. The predicted octanol–water partition coefficient (Wildman–Crippen LogP) is 4.38. The maximum absolute atomic E-state index is 12.1. The Morgan fingerprint density at radius 2 is 1.90 bits per heavy atom. The summed E-state index contributed by atoms with van der Waals surface area (Å²) in [6.45, 7) is 2.06. The third-order valence-electron chi connectivity index (χ3n) is 3.59. The van der Waals surface area contributed by atoms with Gasteiger partial charge < -0.3 is 0 Å². The van der Waals surface area contributed by atoms with Crippen molar-refractivity contribution < 1.29 is 4.79 Å². The lowest BCUT2D eigenvalue weighted by atomic mass is 10.1. The molecular weight excluding hydrogens is 262 g/mol. The topological polar surface area (TPSA) is 47.8 Å². The molecule has 1 heterocycles. The van der Waals surface area contributed by atoms with E-state index in [1.54, 1.807) is 0 Å². The van der Waals surface area contributed by atoms with Crippen molar-refractivity contribution in [1.29, 1.82) is 0 Å². The quantitative estimate of drug-likeness (QED) is 0.534. The summed E-state index contributed by atoms with van der Waals surface area (Å²) in [5.74, 6) is 0.0395. The van der Waals surface area contributed by atoms with E-state index in [1.165, 1.54) is 30.4 Å². The van der Waals surface area contributed by atoms with Gasteiger partial charge in [0.25, 0.3) is 0 Å². The molecule has 4 heteroatoms. The number of hydrogen-bond acceptors (Lipinski definition) is 3. The fraction of sp³-hybridized carbons (Fsp3) is 0.471. The molecule has 0 radical (unpaired) electrons. The Bertz CT molecular complexity index is 601. The zero-order valence-electron chi connectivity index (χ0n) is 12.7. The fourth-order valence-electron chi connectivity index (χ4n) is 2.39. The molecule has 0 spiro atoms. The van der Waals surface area contributed by atoms with Crippen LogP contribution in [0, 0.1) is 0 Å². The molecule has 0 N–H and O–H groups in total. The minimum Gasteiger partial charge on any atom is -0.273 e. The second-order valence-electron chi connectivity index (χ2n) is 5.26. The summed E-state index contributed by atoms with van der Waals surface area (Å²) in [5, 5.41) is 7.97. The lowest BCUT2D eigenvalue weighted by Crippen LogP contribution is -2.12. The van der Waals surface area contributed by atoms with Crippen LogP contribution in [0.25, 0.3) is 11.0 Å². The third-order valence-corrected chi connectivity index (χ3v) is 3.59. The number of benzene rings is 1. The highest BCUT2D eigenvalue weighted by Crippen LogP contribution is 2.12. The van der Waals surface area contributed by atoms with Crippen LogP contribution in [0.1, 0.15) is 56.7 Å². The Morgan fingerprint density at radius 1 is 1.14 bits per heavy atom. The third kappa shape index (κ3) is 4.52. The molecule has 0 unspecified atom stereocenters. The first-order chi connectivity index (χ1) is 10.3. The summed E-state index contributed by atoms with van der Waals surface area (Å²) in [6.07, 6.45) is 11.7. The number of aromatic nitrogens is 3. The van der Waals surface area contributed by atoms with Crippen LogP contribution < -0.4 is 0 Å². The molecule has 4 nitrogen and oxygen atoms in total. The van der Waals surface area contributed by atoms with E-state index in [1.807, 2.05) is 24.3 Å². The van der Waals surface area contributed by atoms with Crippen LogP contribution >= 0.6 is 0 Å². The van der Waals surface area contributed by atoms with E-state index >= 15 is 0 Å². The molecule has 21 heavy (non-hydrogen) atoms. The number of nitrogens with zero attached hydrogens (tertiary/aromatic N) is 3. The van der Waals surface area contributed by atoms with E-state index in [-0.39, 0.29) is 5.91 Å². The number of carbonyl (C=O) groups excluding carboxylic acids is 1. The predicted molar refractivity (Wildman–Crippen MR) is 85.3 cm³/mol. The Labute approximate surface area is 125 Å². The number of unbranched alkanes of at least 4 members (excludes halogenated alkanes) is 5. The summed E-state index contributed by atoms with van der Waals surface area (Å²) >= 11 is 0. The molecule has 0 aliphatic heterocycles. The Hall–Kier alpha value is -1.97. The van der Waals surface area contributed by atoms with Crippen LogP contribution in [0.2, 0.25) is 0 Å². The van der Waals surface area contributed by atoms with Gasteiger partial charge >= 0.3 is 0 Å². The maximum atomic E-state index is 12.1. The summed E-state index contributed by atoms with van der Waals surface area (Å²) in [7, 11) is 0. The lowest BCUT2D eigenvalue weighted by Gasteiger charge is -2.02. The summed E-state index contributed by atoms with van der Waals surface area (Å²) in [4.78, 5) is 12.1. The highest BCUT2D eigenvalue weighted by atomic mass is 16.2. The largest absolute Gasteiger partial charge is 0.273 e. The van der Waals surface area contributed by atoms with Gasteiger partial charge in [0.05, 0.1) is 5.52 Å². The van der Waals surface area contributed by atoms with Gasteiger partial charge in [0.15, 0.2) is 0 Å². The first-order valence-corrected chi connectivity index (χ1v) is 7.77. The van der Waals surface area contributed by atoms with Crippen molar-refractivity contribution in [2.75, 3.05) is 0 Å². The van der Waals surface area contributed by atoms with Crippen molar-refractivity contribution in [2.45, 2.75) is 51.9 Å². The first kappa shape index (κ1) is 15.4. The van der Waals surface area contributed by atoms with Crippen molar-refractivity contribution in [3.05, 3.63) is 36.4 Å². The van der Waals surface area contributed by atoms with E-state index in [9.17, 15) is 4.79 Å². The SMILES string of the molecule is C/C=C/CCCCCCCC(=O)n1nnc2ccccc21. The minimum atomic E-state index is 0.0395. The highest BCUT2D eigenvalue weighted by Gasteiger charge is 2.10. The molecule has 112 valence electrons. The standard InChI is InChI=1S/C17H23N3O/c1-2-3-4-5-6-7-8-9-14-17(21)20-16-13-11-10-12-15(16)18-19-20/h2-3,10-13H,4-9,14H2,1H3/b3-2+. The van der Waals surface area contributed by atoms with Crippen LogP contribution in [0.4, 0.5) is 0 Å². The van der Waals surface area contributed by atoms with Gasteiger partial charge in [-0.1, -0.05) is 48.8 Å². The molecule has 0 aliphatic rings. The second kappa shape index (κ2) is 8.35. The van der Waals surface area contributed by atoms with Crippen molar-refractivity contribution in [3.8, 4) is 0 Å². The van der Waals surface area contributed by atoms with Gasteiger partial charge in [-0.05, 0) is 38.3 Å². The first-order valence-electron chi connectivity index (χ1n) is 7.77. The molecule has 0 saturated heterocycles. The zero-order valence-corrected chi connectivity index (χ0v) is 12.7. The van der Waals surface area contributed by atoms with Gasteiger partial charge in [-0.25, -0.2) is 0 Å². The molecule has 1 aromatic heterocycles. The molecule has 2 aromatic rings. The van der Waals surface area contributed by atoms with E-state index in [4.69, 9.17) is 0 Å². The number of carbonyl (C=O) groups is 1. The van der Waals surface area contributed by atoms with Crippen LogP contribution in [0.3, 0.4) is 0 Å². The summed E-state index contributed by atoms with van der Waals surface area (Å²) < 4.78 is 1.43. The van der Waals surface area contributed by atoms with Crippen LogP contribution in [0.15, 0.2) is 36.4 Å². The van der Waals surface area contributed by atoms with Gasteiger partial charge in [-0.2, -0.15) is 4.68 Å². The van der Waals surface area contributed by atoms with Gasteiger partial charge in [0.2, 0.25) is 5.91 Å². The molecule has 0 amide bonds. The summed E-state index contributed by atoms with van der Waals surface area (Å²) in [5.41, 5.74) is 1.57. The molecule has 0 saturated carbocycles. The van der Waals surface area contributed by atoms with E-state index in [0.717, 1.165) is 23.9 Å². The van der Waals surface area contributed by atoms with Gasteiger partial charge in [-0.3, -0.25) is 4.79 Å². The Morgan fingerprint density at radius 3 is 2.76 bits per heavy atom. The summed E-state index contributed by atoms with van der Waals surface area (Å²) in [6, 6.07) is 7.56. The van der Waals surface area contributed by atoms with Gasteiger partial charge in [0, 0.05) is 6.42 Å². The lowest BCUT2D eigenvalue weighted by molar-refractivity contribution is 0.0886. The van der Waals surface area contributed by atoms with Crippen LogP contribution in [0.5, 0.6) is 0 Å². The molecule has 0 bridgehead atoms. The van der Waals surface area contributed by atoms with E-state index < -0.39 is 0 Å². The molecule has 0 aliphatic carbocycles. The number of fused-ring (bicyclic) bond motifs is 1. The molecule has 1 aromatic carbocycles. The van der Waals surface area contributed by atoms with Gasteiger partial charge in [-0.15, -0.1) is 5.10 Å². The zero-order chi connectivity index (χ0) is 14.9. The molecular formula is C17H23N3O. The van der Waals surface area contributed by atoms with Crippen LogP contribution in [-0.2, 0) is 0 Å². The van der Waals surface area contributed by atoms with E-state index in [0.29, 0.717) is 6.42 Å². The number of hydrogen-bond donors (Lipinski definition) is 0. The van der Waals surface area contributed by atoms with Gasteiger partial charge in [0.1, 0.15) is 5.52 Å². The Balaban J connectivity index is 1.70. The number of para-hydroxylation sites is 1. The van der Waals surface area contributed by atoms with Crippen molar-refractivity contribution >= 4 is 16.9 Å². The monoisotopic (exact) mass is 285 g/mol. The number of rotatable bonds is 8. The molecule has 0 fully saturated rings. The minimum absolute atomic E-state index is 0.0395. The van der Waals surface area contributed by atoms with Crippen molar-refractivity contribution in [1.82, 2.24) is 15.0 Å². The van der Waals surface area contributed by atoms with Crippen LogP contribution in [-0.4, -0.2) is 20.9 Å². The second-order valence-corrected chi connectivity index (χ2v) is 5.26. The van der Waals surface area contributed by atoms with Crippen molar-refractivity contribution in [3.63, 3.8) is 0 Å². The molecule has 0 atom stereocenters. The fourth-order valence-corrected chi connectivity index (χ4v) is 2.39. The average molecular weight is 285 g/mol. The van der Waals surface area contributed by atoms with E-state index in [2.05, 4.69) is 29.4 Å².